The van der Waals surface area contributed by atoms with Crippen molar-refractivity contribution in [3.05, 3.63) is 81.9 Å². The third-order valence-electron chi connectivity index (χ3n) is 8.13. The van der Waals surface area contributed by atoms with Crippen molar-refractivity contribution >= 4 is 53.1 Å². The van der Waals surface area contributed by atoms with E-state index in [-0.39, 0.29) is 30.1 Å². The predicted octanol–water partition coefficient (Wildman–Crippen LogP) is 5.58. The SMILES string of the molecule is COc1ccc([Si](C)(C)[C@H]2[C@H](CCO)O[C@@]3(C(=O)N(c4ccccc4)c4ccc(I)cc43)[C@@H]2C)cc1. The van der Waals surface area contributed by atoms with Crippen molar-refractivity contribution in [3.63, 3.8) is 0 Å². The highest BCUT2D eigenvalue weighted by atomic mass is 127. The van der Waals surface area contributed by atoms with Gasteiger partial charge in [-0.15, -0.1) is 0 Å². The first-order chi connectivity index (χ1) is 17.3. The minimum atomic E-state index is -2.17. The molecule has 4 atom stereocenters. The summed E-state index contributed by atoms with van der Waals surface area (Å²) in [4.78, 5) is 16.3. The maximum Gasteiger partial charge on any atom is 0.268 e. The zero-order valence-electron chi connectivity index (χ0n) is 21.1. The molecule has 2 heterocycles. The molecule has 0 aliphatic carbocycles. The Bertz CT molecular complexity index is 1270. The Balaban J connectivity index is 1.65. The van der Waals surface area contributed by atoms with Crippen LogP contribution >= 0.6 is 22.6 Å². The van der Waals surface area contributed by atoms with Gasteiger partial charge in [-0.1, -0.05) is 55.5 Å². The number of fused-ring (bicyclic) bond motifs is 2. The molecule has 3 aromatic carbocycles. The first kappa shape index (κ1) is 25.4. The van der Waals surface area contributed by atoms with Crippen LogP contribution < -0.4 is 14.8 Å². The van der Waals surface area contributed by atoms with E-state index >= 15 is 0 Å². The molecule has 1 spiro atoms. The van der Waals surface area contributed by atoms with Crippen molar-refractivity contribution in [1.29, 1.82) is 0 Å². The van der Waals surface area contributed by atoms with Crippen molar-refractivity contribution in [3.8, 4) is 5.75 Å². The number of ether oxygens (including phenoxy) is 2. The van der Waals surface area contributed by atoms with Crippen LogP contribution in [0.2, 0.25) is 18.6 Å². The van der Waals surface area contributed by atoms with Gasteiger partial charge in [-0.05, 0) is 77.0 Å². The number of methoxy groups -OCH3 is 1. The van der Waals surface area contributed by atoms with E-state index in [1.165, 1.54) is 5.19 Å². The summed E-state index contributed by atoms with van der Waals surface area (Å²) in [7, 11) is -0.494. The van der Waals surface area contributed by atoms with Gasteiger partial charge in [0.1, 0.15) is 5.75 Å². The lowest BCUT2D eigenvalue weighted by Crippen LogP contribution is -2.51. The van der Waals surface area contributed by atoms with Crippen LogP contribution in [0.5, 0.6) is 5.75 Å². The van der Waals surface area contributed by atoms with Crippen LogP contribution in [0.1, 0.15) is 18.9 Å². The molecule has 0 saturated carbocycles. The number of nitrogens with zero attached hydrogens (tertiary/aromatic N) is 1. The van der Waals surface area contributed by atoms with Crippen molar-refractivity contribution < 1.29 is 19.4 Å². The lowest BCUT2D eigenvalue weighted by molar-refractivity contribution is -0.145. The molecule has 3 aromatic rings. The van der Waals surface area contributed by atoms with E-state index in [2.05, 4.69) is 60.8 Å². The summed E-state index contributed by atoms with van der Waals surface area (Å²) in [6.07, 6.45) is 0.278. The number of hydrogen-bond donors (Lipinski definition) is 1. The molecule has 7 heteroatoms. The molecule has 1 fully saturated rings. The Morgan fingerprint density at radius 1 is 1.08 bits per heavy atom. The van der Waals surface area contributed by atoms with E-state index in [1.807, 2.05) is 59.5 Å². The molecule has 1 N–H and O–H groups in total. The molecular weight excluding hydrogens is 581 g/mol. The zero-order valence-corrected chi connectivity index (χ0v) is 24.2. The van der Waals surface area contributed by atoms with E-state index in [1.54, 1.807) is 7.11 Å². The molecule has 0 bridgehead atoms. The minimum absolute atomic E-state index is 0.0207. The molecule has 5 nitrogen and oxygen atoms in total. The van der Waals surface area contributed by atoms with E-state index in [0.717, 1.165) is 26.3 Å². The Hall–Kier alpha value is -2.20. The van der Waals surface area contributed by atoms with Gasteiger partial charge in [0.2, 0.25) is 0 Å². The first-order valence-corrected chi connectivity index (χ1v) is 16.5. The van der Waals surface area contributed by atoms with Crippen LogP contribution in [0.25, 0.3) is 0 Å². The quantitative estimate of drug-likeness (QED) is 0.292. The number of rotatable bonds is 6. The normalized spacial score (nSPS) is 25.4. The van der Waals surface area contributed by atoms with Crippen molar-refractivity contribution in [2.75, 3.05) is 18.6 Å². The zero-order chi connectivity index (χ0) is 25.7. The van der Waals surface area contributed by atoms with Gasteiger partial charge in [0.25, 0.3) is 5.91 Å². The summed E-state index contributed by atoms with van der Waals surface area (Å²) in [5, 5.41) is 11.3. The van der Waals surface area contributed by atoms with Crippen LogP contribution in [-0.4, -0.2) is 38.9 Å². The average molecular weight is 614 g/mol. The van der Waals surface area contributed by atoms with Crippen LogP contribution in [0.15, 0.2) is 72.8 Å². The summed E-state index contributed by atoms with van der Waals surface area (Å²) in [6.45, 7) is 6.91. The number of aliphatic hydroxyl groups is 1. The molecule has 1 saturated heterocycles. The van der Waals surface area contributed by atoms with Crippen molar-refractivity contribution in [2.24, 2.45) is 5.92 Å². The van der Waals surface area contributed by atoms with E-state index in [9.17, 15) is 9.90 Å². The molecule has 0 radical (unpaired) electrons. The molecule has 5 rings (SSSR count). The molecule has 2 aliphatic rings. The Morgan fingerprint density at radius 2 is 1.78 bits per heavy atom. The van der Waals surface area contributed by atoms with Crippen molar-refractivity contribution in [2.45, 2.75) is 43.7 Å². The summed E-state index contributed by atoms with van der Waals surface area (Å²) in [5.74, 6) is 0.717. The largest absolute Gasteiger partial charge is 0.497 e. The lowest BCUT2D eigenvalue weighted by Gasteiger charge is -2.37. The van der Waals surface area contributed by atoms with Gasteiger partial charge in [-0.2, -0.15) is 0 Å². The number of hydrogen-bond acceptors (Lipinski definition) is 4. The lowest BCUT2D eigenvalue weighted by atomic mass is 9.82. The molecule has 0 aromatic heterocycles. The Kier molecular flexibility index (Phi) is 6.78. The third-order valence-corrected chi connectivity index (χ3v) is 13.2. The molecule has 188 valence electrons. The first-order valence-electron chi connectivity index (χ1n) is 12.4. The van der Waals surface area contributed by atoms with E-state index < -0.39 is 13.7 Å². The summed E-state index contributed by atoms with van der Waals surface area (Å²) < 4.78 is 13.4. The molecule has 2 aliphatic heterocycles. The smallest absolute Gasteiger partial charge is 0.268 e. The maximum atomic E-state index is 14.5. The van der Waals surface area contributed by atoms with Gasteiger partial charge in [0, 0.05) is 27.3 Å². The number of carbonyl (C=O) groups is 1. The van der Waals surface area contributed by atoms with Gasteiger partial charge in [0.15, 0.2) is 5.60 Å². The highest BCUT2D eigenvalue weighted by Crippen LogP contribution is 2.61. The van der Waals surface area contributed by atoms with Gasteiger partial charge >= 0.3 is 0 Å². The summed E-state index contributed by atoms with van der Waals surface area (Å²) >= 11 is 2.31. The third kappa shape index (κ3) is 3.82. The second kappa shape index (κ2) is 9.59. The number of anilines is 2. The minimum Gasteiger partial charge on any atom is -0.497 e. The maximum absolute atomic E-state index is 14.5. The fourth-order valence-electron chi connectivity index (χ4n) is 6.44. The second-order valence-electron chi connectivity index (χ2n) is 10.3. The summed E-state index contributed by atoms with van der Waals surface area (Å²) in [5.41, 5.74) is 1.69. The van der Waals surface area contributed by atoms with Crippen molar-refractivity contribution in [1.82, 2.24) is 0 Å². The number of benzene rings is 3. The molecular formula is C29H32INO4Si. The standard InChI is InChI=1S/C29H32INO4Si/c1-19-27(36(3,4)23-13-11-22(34-2)12-14-23)26(16-17-32)35-29(19)24-18-20(30)10-15-25(24)31(28(29)33)21-8-6-5-7-9-21/h5-15,18-19,26-27,32H,16-17H2,1-4H3/t19-,26+,27-,29+/m1/s1. The average Bonchev–Trinajstić information content (AvgIpc) is 3.31. The number of amides is 1. The topological polar surface area (TPSA) is 59.0 Å². The number of halogens is 1. The van der Waals surface area contributed by atoms with Gasteiger partial charge in [0.05, 0.1) is 27.0 Å². The number of para-hydroxylation sites is 1. The number of aliphatic hydroxyl groups excluding tert-OH is 1. The monoisotopic (exact) mass is 613 g/mol. The van der Waals surface area contributed by atoms with Crippen LogP contribution in [0.4, 0.5) is 11.4 Å². The van der Waals surface area contributed by atoms with Gasteiger partial charge in [-0.3, -0.25) is 9.69 Å². The Labute approximate surface area is 227 Å². The van der Waals surface area contributed by atoms with Gasteiger partial charge < -0.3 is 14.6 Å². The molecule has 0 unspecified atom stereocenters. The fraction of sp³-hybridized carbons (Fsp3) is 0.345. The van der Waals surface area contributed by atoms with Gasteiger partial charge in [-0.25, -0.2) is 0 Å². The van der Waals surface area contributed by atoms with Crippen LogP contribution in [0, 0.1) is 9.49 Å². The van der Waals surface area contributed by atoms with E-state index in [0.29, 0.717) is 6.42 Å². The Morgan fingerprint density at radius 3 is 2.42 bits per heavy atom. The second-order valence-corrected chi connectivity index (χ2v) is 16.2. The fourth-order valence-corrected chi connectivity index (χ4v) is 11.0. The number of carbonyl (C=O) groups excluding carboxylic acids is 1. The van der Waals surface area contributed by atoms with Crippen LogP contribution in [-0.2, 0) is 15.1 Å². The highest BCUT2D eigenvalue weighted by Gasteiger charge is 2.66. The predicted molar refractivity (Wildman–Crippen MR) is 154 cm³/mol. The molecule has 1 amide bonds. The highest BCUT2D eigenvalue weighted by molar-refractivity contribution is 14.1. The van der Waals surface area contributed by atoms with Crippen LogP contribution in [0.3, 0.4) is 0 Å². The van der Waals surface area contributed by atoms with E-state index in [4.69, 9.17) is 9.47 Å². The molecule has 36 heavy (non-hydrogen) atoms. The summed E-state index contributed by atoms with van der Waals surface area (Å²) in [6, 6.07) is 24.3.